The summed E-state index contributed by atoms with van der Waals surface area (Å²) in [5, 5.41) is 19.5. The third-order valence-corrected chi connectivity index (χ3v) is 5.46. The number of likely N-dealkylation sites (tertiary alicyclic amines) is 1. The summed E-state index contributed by atoms with van der Waals surface area (Å²) in [6.07, 6.45) is 2.06. The summed E-state index contributed by atoms with van der Waals surface area (Å²) in [6, 6.07) is 14.2. The van der Waals surface area contributed by atoms with Gasteiger partial charge in [-0.2, -0.15) is 0 Å². The number of amides is 1. The van der Waals surface area contributed by atoms with E-state index in [1.54, 1.807) is 12.1 Å². The highest BCUT2D eigenvalue weighted by Gasteiger charge is 2.39. The number of rotatable bonds is 4. The molecule has 1 heterocycles. The number of benzene rings is 2. The van der Waals surface area contributed by atoms with Crippen LogP contribution < -0.4 is 5.73 Å². The van der Waals surface area contributed by atoms with Crippen molar-refractivity contribution < 1.29 is 15.0 Å². The van der Waals surface area contributed by atoms with Crippen LogP contribution in [0.1, 0.15) is 43.2 Å². The fraction of sp³-hybridized carbons (Fsp3) is 0.381. The molecule has 0 spiro atoms. The second kappa shape index (κ2) is 7.38. The lowest BCUT2D eigenvalue weighted by Gasteiger charge is -2.38. The van der Waals surface area contributed by atoms with E-state index >= 15 is 0 Å². The van der Waals surface area contributed by atoms with Gasteiger partial charge in [0.2, 0.25) is 5.91 Å². The predicted molar refractivity (Wildman–Crippen MR) is 101 cm³/mol. The van der Waals surface area contributed by atoms with Crippen molar-refractivity contribution >= 4 is 5.91 Å². The zero-order valence-corrected chi connectivity index (χ0v) is 15.1. The SMILES string of the molecule is CCC(N)(C(=O)N1CCC(c2ccc(O)cc2O)CC1)c1ccccc1. The van der Waals surface area contributed by atoms with Crippen molar-refractivity contribution in [1.29, 1.82) is 0 Å². The van der Waals surface area contributed by atoms with Crippen molar-refractivity contribution in [1.82, 2.24) is 4.90 Å². The van der Waals surface area contributed by atoms with E-state index in [2.05, 4.69) is 0 Å². The largest absolute Gasteiger partial charge is 0.508 e. The first-order chi connectivity index (χ1) is 12.5. The van der Waals surface area contributed by atoms with Crippen molar-refractivity contribution in [2.45, 2.75) is 37.6 Å². The first-order valence-corrected chi connectivity index (χ1v) is 9.11. The number of nitrogens with two attached hydrogens (primary N) is 1. The van der Waals surface area contributed by atoms with Crippen molar-refractivity contribution in [3.8, 4) is 11.5 Å². The van der Waals surface area contributed by atoms with Crippen molar-refractivity contribution in [2.24, 2.45) is 5.73 Å². The number of nitrogens with zero attached hydrogens (tertiary/aromatic N) is 1. The molecule has 0 saturated carbocycles. The summed E-state index contributed by atoms with van der Waals surface area (Å²) < 4.78 is 0. The molecule has 1 aliphatic rings. The van der Waals surface area contributed by atoms with E-state index in [0.717, 1.165) is 24.0 Å². The summed E-state index contributed by atoms with van der Waals surface area (Å²) in [5.74, 6) is 0.295. The van der Waals surface area contributed by atoms with Crippen LogP contribution in [0, 0.1) is 0 Å². The Bertz CT molecular complexity index is 770. The number of phenolic OH excluding ortho intramolecular Hbond substituents is 2. The highest BCUT2D eigenvalue weighted by atomic mass is 16.3. The van der Waals surface area contributed by atoms with Gasteiger partial charge in [0.05, 0.1) is 0 Å². The minimum absolute atomic E-state index is 0.0421. The normalized spacial score (nSPS) is 17.7. The number of piperidine rings is 1. The van der Waals surface area contributed by atoms with Crippen LogP contribution in [0.5, 0.6) is 11.5 Å². The fourth-order valence-corrected chi connectivity index (χ4v) is 3.77. The van der Waals surface area contributed by atoms with Gasteiger partial charge in [0.25, 0.3) is 0 Å². The number of hydrogen-bond donors (Lipinski definition) is 3. The standard InChI is InChI=1S/C21H26N2O3/c1-2-21(22,16-6-4-3-5-7-16)20(26)23-12-10-15(11-13-23)18-9-8-17(24)14-19(18)25/h3-9,14-15,24-25H,2,10-13,22H2,1H3. The van der Waals surface area contributed by atoms with E-state index in [-0.39, 0.29) is 23.3 Å². The highest BCUT2D eigenvalue weighted by molar-refractivity contribution is 5.87. The molecule has 5 nitrogen and oxygen atoms in total. The lowest BCUT2D eigenvalue weighted by atomic mass is 9.84. The van der Waals surface area contributed by atoms with Crippen LogP contribution in [-0.4, -0.2) is 34.1 Å². The Kier molecular flexibility index (Phi) is 5.18. The first kappa shape index (κ1) is 18.3. The number of phenols is 2. The van der Waals surface area contributed by atoms with Gasteiger partial charge in [0.1, 0.15) is 17.0 Å². The molecule has 2 aromatic carbocycles. The maximum atomic E-state index is 13.1. The summed E-state index contributed by atoms with van der Waals surface area (Å²) >= 11 is 0. The molecule has 1 amide bonds. The second-order valence-electron chi connectivity index (χ2n) is 7.00. The predicted octanol–water partition coefficient (Wildman–Crippen LogP) is 3.07. The third-order valence-electron chi connectivity index (χ3n) is 5.46. The number of carbonyl (C=O) groups is 1. The molecule has 0 aromatic heterocycles. The van der Waals surface area contributed by atoms with Gasteiger partial charge in [-0.1, -0.05) is 43.3 Å². The van der Waals surface area contributed by atoms with Gasteiger partial charge >= 0.3 is 0 Å². The molecule has 0 bridgehead atoms. The van der Waals surface area contributed by atoms with Gasteiger partial charge in [-0.15, -0.1) is 0 Å². The molecule has 1 atom stereocenters. The molecule has 1 saturated heterocycles. The lowest BCUT2D eigenvalue weighted by molar-refractivity contribution is -0.138. The van der Waals surface area contributed by atoms with E-state index in [1.807, 2.05) is 42.2 Å². The van der Waals surface area contributed by atoms with Crippen LogP contribution in [0.25, 0.3) is 0 Å². The van der Waals surface area contributed by atoms with E-state index in [9.17, 15) is 15.0 Å². The average Bonchev–Trinajstić information content (AvgIpc) is 2.68. The van der Waals surface area contributed by atoms with Crippen LogP contribution in [0.15, 0.2) is 48.5 Å². The molecule has 26 heavy (non-hydrogen) atoms. The molecule has 1 unspecified atom stereocenters. The molecule has 0 radical (unpaired) electrons. The topological polar surface area (TPSA) is 86.8 Å². The van der Waals surface area contributed by atoms with Gasteiger partial charge in [-0.25, -0.2) is 0 Å². The van der Waals surface area contributed by atoms with Crippen LogP contribution in [0.2, 0.25) is 0 Å². The Hall–Kier alpha value is -2.53. The Balaban J connectivity index is 1.72. The molecule has 3 rings (SSSR count). The zero-order valence-electron chi connectivity index (χ0n) is 15.1. The molecule has 1 aliphatic heterocycles. The van der Waals surface area contributed by atoms with Crippen molar-refractivity contribution in [2.75, 3.05) is 13.1 Å². The Labute approximate surface area is 154 Å². The van der Waals surface area contributed by atoms with Gasteiger partial charge < -0.3 is 20.8 Å². The Morgan fingerprint density at radius 3 is 2.38 bits per heavy atom. The van der Waals surface area contributed by atoms with Crippen LogP contribution in [0.3, 0.4) is 0 Å². The molecule has 2 aromatic rings. The monoisotopic (exact) mass is 354 g/mol. The first-order valence-electron chi connectivity index (χ1n) is 9.11. The van der Waals surface area contributed by atoms with Gasteiger partial charge in [-0.3, -0.25) is 4.79 Å². The summed E-state index contributed by atoms with van der Waals surface area (Å²) in [4.78, 5) is 15.0. The maximum absolute atomic E-state index is 13.1. The number of aromatic hydroxyl groups is 2. The van der Waals surface area contributed by atoms with E-state index in [0.29, 0.717) is 19.5 Å². The smallest absolute Gasteiger partial charge is 0.247 e. The second-order valence-corrected chi connectivity index (χ2v) is 7.00. The van der Waals surface area contributed by atoms with Gasteiger partial charge in [-0.05, 0) is 42.4 Å². The molecule has 5 heteroatoms. The minimum atomic E-state index is -1.01. The third kappa shape index (κ3) is 3.40. The van der Waals surface area contributed by atoms with Crippen LogP contribution in [0.4, 0.5) is 0 Å². The summed E-state index contributed by atoms with van der Waals surface area (Å²) in [6.45, 7) is 3.15. The minimum Gasteiger partial charge on any atom is -0.508 e. The molecule has 0 aliphatic carbocycles. The summed E-state index contributed by atoms with van der Waals surface area (Å²) in [5.41, 5.74) is 7.18. The molecule has 138 valence electrons. The molecular formula is C21H26N2O3. The average molecular weight is 354 g/mol. The fourth-order valence-electron chi connectivity index (χ4n) is 3.77. The Morgan fingerprint density at radius 1 is 1.15 bits per heavy atom. The highest BCUT2D eigenvalue weighted by Crippen LogP contribution is 2.36. The lowest BCUT2D eigenvalue weighted by Crippen LogP contribution is -2.54. The van der Waals surface area contributed by atoms with E-state index in [4.69, 9.17) is 5.73 Å². The number of carbonyl (C=O) groups excluding carboxylic acids is 1. The van der Waals surface area contributed by atoms with E-state index < -0.39 is 5.54 Å². The van der Waals surface area contributed by atoms with Gasteiger partial charge in [0.15, 0.2) is 0 Å². The van der Waals surface area contributed by atoms with Gasteiger partial charge in [0, 0.05) is 19.2 Å². The zero-order chi connectivity index (χ0) is 18.7. The maximum Gasteiger partial charge on any atom is 0.247 e. The van der Waals surface area contributed by atoms with Crippen molar-refractivity contribution in [3.63, 3.8) is 0 Å². The quantitative estimate of drug-likeness (QED) is 0.787. The molecule has 4 N–H and O–H groups in total. The van der Waals surface area contributed by atoms with Crippen LogP contribution >= 0.6 is 0 Å². The molecule has 1 fully saturated rings. The Morgan fingerprint density at radius 2 is 1.81 bits per heavy atom. The molecular weight excluding hydrogens is 328 g/mol. The number of hydrogen-bond acceptors (Lipinski definition) is 4. The van der Waals surface area contributed by atoms with Crippen LogP contribution in [-0.2, 0) is 10.3 Å². The van der Waals surface area contributed by atoms with Crippen molar-refractivity contribution in [3.05, 3.63) is 59.7 Å². The van der Waals surface area contributed by atoms with E-state index in [1.165, 1.54) is 6.07 Å². The summed E-state index contributed by atoms with van der Waals surface area (Å²) in [7, 11) is 0.